The van der Waals surface area contributed by atoms with Crippen molar-refractivity contribution < 1.29 is 9.90 Å². The molecule has 4 nitrogen and oxygen atoms in total. The van der Waals surface area contributed by atoms with Gasteiger partial charge < -0.3 is 10.0 Å². The number of Topliss-reactive ketones (excluding diaryl/α,β-unsaturated/α-hetero) is 1. The first kappa shape index (κ1) is 11.7. The van der Waals surface area contributed by atoms with Gasteiger partial charge in [0.05, 0.1) is 6.10 Å². The number of likely N-dealkylation sites (N-methyl/N-ethyl adjacent to an activating group) is 1. The van der Waals surface area contributed by atoms with Gasteiger partial charge in [-0.15, -0.1) is 0 Å². The van der Waals surface area contributed by atoms with Crippen molar-refractivity contribution in [2.24, 2.45) is 0 Å². The summed E-state index contributed by atoms with van der Waals surface area (Å²) in [6.45, 7) is 3.75. The number of pyridine rings is 1. The van der Waals surface area contributed by atoms with Gasteiger partial charge in [-0.1, -0.05) is 0 Å². The molecule has 1 aromatic heterocycles. The van der Waals surface area contributed by atoms with Crippen molar-refractivity contribution in [1.29, 1.82) is 0 Å². The van der Waals surface area contributed by atoms with Crippen LogP contribution in [0.4, 0.5) is 5.82 Å². The number of ketones is 1. The van der Waals surface area contributed by atoms with Gasteiger partial charge in [-0.05, 0) is 26.0 Å². The maximum absolute atomic E-state index is 11.0. The van der Waals surface area contributed by atoms with Crippen molar-refractivity contribution in [2.45, 2.75) is 20.0 Å². The van der Waals surface area contributed by atoms with E-state index in [-0.39, 0.29) is 5.78 Å². The van der Waals surface area contributed by atoms with Crippen molar-refractivity contribution in [3.8, 4) is 0 Å². The Bertz CT molecular complexity index is 333. The second-order valence-electron chi connectivity index (χ2n) is 3.69. The fourth-order valence-corrected chi connectivity index (χ4v) is 1.31. The van der Waals surface area contributed by atoms with Crippen LogP contribution in [0.2, 0.25) is 0 Å². The highest BCUT2D eigenvalue weighted by molar-refractivity contribution is 5.93. The minimum absolute atomic E-state index is 0.00669. The van der Waals surface area contributed by atoms with Crippen molar-refractivity contribution in [1.82, 2.24) is 4.98 Å². The van der Waals surface area contributed by atoms with Crippen LogP contribution in [0.15, 0.2) is 18.3 Å². The van der Waals surface area contributed by atoms with Crippen molar-refractivity contribution in [3.05, 3.63) is 23.9 Å². The summed E-state index contributed by atoms with van der Waals surface area (Å²) in [6.07, 6.45) is 1.15. The predicted octanol–water partition coefficient (Wildman–Crippen LogP) is 1.10. The molecule has 4 heteroatoms. The summed E-state index contributed by atoms with van der Waals surface area (Å²) in [5.74, 6) is 0.758. The molecule has 0 aliphatic rings. The zero-order valence-electron chi connectivity index (χ0n) is 9.27. The SMILES string of the molecule is CC(=O)c1ccc(N(C)CC(C)O)nc1. The highest BCUT2D eigenvalue weighted by Gasteiger charge is 2.06. The predicted molar refractivity (Wildman–Crippen MR) is 59.2 cm³/mol. The first-order valence-electron chi connectivity index (χ1n) is 4.87. The lowest BCUT2D eigenvalue weighted by atomic mass is 10.2. The number of rotatable bonds is 4. The number of anilines is 1. The molecule has 0 aliphatic carbocycles. The first-order valence-corrected chi connectivity index (χ1v) is 4.87. The molecule has 15 heavy (non-hydrogen) atoms. The van der Waals surface area contributed by atoms with Gasteiger partial charge in [0.15, 0.2) is 5.78 Å². The summed E-state index contributed by atoms with van der Waals surface area (Å²) < 4.78 is 0. The third kappa shape index (κ3) is 3.32. The minimum atomic E-state index is -0.399. The molecule has 1 atom stereocenters. The number of hydrogen-bond donors (Lipinski definition) is 1. The summed E-state index contributed by atoms with van der Waals surface area (Å²) in [4.78, 5) is 17.0. The lowest BCUT2D eigenvalue weighted by Gasteiger charge is -2.19. The quantitative estimate of drug-likeness (QED) is 0.753. The van der Waals surface area contributed by atoms with Crippen LogP contribution in [-0.4, -0.2) is 35.6 Å². The molecule has 0 saturated heterocycles. The number of nitrogens with zero attached hydrogens (tertiary/aromatic N) is 2. The van der Waals surface area contributed by atoms with E-state index in [1.807, 2.05) is 11.9 Å². The maximum atomic E-state index is 11.0. The van der Waals surface area contributed by atoms with Crippen LogP contribution in [-0.2, 0) is 0 Å². The van der Waals surface area contributed by atoms with Gasteiger partial charge in [-0.3, -0.25) is 4.79 Å². The van der Waals surface area contributed by atoms with Gasteiger partial charge in [0, 0.05) is 25.4 Å². The summed E-state index contributed by atoms with van der Waals surface area (Å²) in [5, 5.41) is 9.20. The van der Waals surface area contributed by atoms with Gasteiger partial charge in [0.25, 0.3) is 0 Å². The number of aromatic nitrogens is 1. The smallest absolute Gasteiger partial charge is 0.161 e. The van der Waals surface area contributed by atoms with Gasteiger partial charge >= 0.3 is 0 Å². The number of hydrogen-bond acceptors (Lipinski definition) is 4. The molecule has 0 bridgehead atoms. The molecule has 82 valence electrons. The van der Waals surface area contributed by atoms with E-state index >= 15 is 0 Å². The molecule has 0 amide bonds. The third-order valence-corrected chi connectivity index (χ3v) is 2.08. The van der Waals surface area contributed by atoms with E-state index in [0.717, 1.165) is 5.82 Å². The molecule has 0 radical (unpaired) electrons. The normalized spacial score (nSPS) is 12.3. The summed E-state index contributed by atoms with van der Waals surface area (Å²) in [6, 6.07) is 3.52. The van der Waals surface area contributed by atoms with Crippen molar-refractivity contribution in [2.75, 3.05) is 18.5 Å². The number of carbonyl (C=O) groups excluding carboxylic acids is 1. The molecule has 0 aromatic carbocycles. The third-order valence-electron chi connectivity index (χ3n) is 2.08. The van der Waals surface area contributed by atoms with Gasteiger partial charge in [0.1, 0.15) is 5.82 Å². The Morgan fingerprint density at radius 2 is 2.27 bits per heavy atom. The molecular weight excluding hydrogens is 192 g/mol. The molecule has 1 N–H and O–H groups in total. The number of aliphatic hydroxyl groups is 1. The minimum Gasteiger partial charge on any atom is -0.392 e. The van der Waals surface area contributed by atoms with E-state index in [0.29, 0.717) is 12.1 Å². The van der Waals surface area contributed by atoms with E-state index in [1.165, 1.54) is 6.92 Å². The van der Waals surface area contributed by atoms with Crippen molar-refractivity contribution >= 4 is 11.6 Å². The Kier molecular flexibility index (Phi) is 3.80. The van der Waals surface area contributed by atoms with Crippen LogP contribution in [0.1, 0.15) is 24.2 Å². The van der Waals surface area contributed by atoms with E-state index < -0.39 is 6.10 Å². The van der Waals surface area contributed by atoms with Crippen molar-refractivity contribution in [3.63, 3.8) is 0 Å². The second kappa shape index (κ2) is 4.89. The second-order valence-corrected chi connectivity index (χ2v) is 3.69. The van der Waals surface area contributed by atoms with Crippen LogP contribution in [0.5, 0.6) is 0 Å². The summed E-state index contributed by atoms with van der Waals surface area (Å²) in [5.41, 5.74) is 0.601. The Morgan fingerprint density at radius 1 is 1.60 bits per heavy atom. The first-order chi connectivity index (χ1) is 7.00. The molecule has 1 rings (SSSR count). The van der Waals surface area contributed by atoms with E-state index in [2.05, 4.69) is 4.98 Å². The highest BCUT2D eigenvalue weighted by Crippen LogP contribution is 2.10. The van der Waals surface area contributed by atoms with Gasteiger partial charge in [-0.25, -0.2) is 4.98 Å². The standard InChI is InChI=1S/C11H16N2O2/c1-8(14)7-13(3)11-5-4-10(6-12-11)9(2)15/h4-6,8,14H,7H2,1-3H3. The Balaban J connectivity index is 2.75. The van der Waals surface area contributed by atoms with E-state index in [4.69, 9.17) is 0 Å². The average Bonchev–Trinajstić information content (AvgIpc) is 2.17. The lowest BCUT2D eigenvalue weighted by molar-refractivity contribution is 0.101. The Hall–Kier alpha value is -1.42. The molecule has 1 aromatic rings. The molecule has 0 saturated carbocycles. The zero-order chi connectivity index (χ0) is 11.4. The van der Waals surface area contributed by atoms with Crippen LogP contribution in [0.3, 0.4) is 0 Å². The van der Waals surface area contributed by atoms with E-state index in [1.54, 1.807) is 25.3 Å². The summed E-state index contributed by atoms with van der Waals surface area (Å²) >= 11 is 0. The molecule has 1 unspecified atom stereocenters. The monoisotopic (exact) mass is 208 g/mol. The molecule has 0 fully saturated rings. The van der Waals surface area contributed by atoms with Crippen LogP contribution in [0, 0.1) is 0 Å². The topological polar surface area (TPSA) is 53.4 Å². The van der Waals surface area contributed by atoms with Crippen LogP contribution < -0.4 is 4.90 Å². The Labute approximate surface area is 89.6 Å². The molecule has 0 aliphatic heterocycles. The maximum Gasteiger partial charge on any atom is 0.161 e. The number of aliphatic hydroxyl groups excluding tert-OH is 1. The molecule has 0 spiro atoms. The largest absolute Gasteiger partial charge is 0.392 e. The lowest BCUT2D eigenvalue weighted by Crippen LogP contribution is -2.27. The van der Waals surface area contributed by atoms with Gasteiger partial charge in [-0.2, -0.15) is 0 Å². The fourth-order valence-electron chi connectivity index (χ4n) is 1.31. The van der Waals surface area contributed by atoms with Gasteiger partial charge in [0.2, 0.25) is 0 Å². The zero-order valence-corrected chi connectivity index (χ0v) is 9.27. The Morgan fingerprint density at radius 3 is 2.67 bits per heavy atom. The van der Waals surface area contributed by atoms with Crippen LogP contribution >= 0.6 is 0 Å². The summed E-state index contributed by atoms with van der Waals surface area (Å²) in [7, 11) is 1.85. The molecule has 1 heterocycles. The number of carbonyl (C=O) groups is 1. The van der Waals surface area contributed by atoms with Crippen LogP contribution in [0.25, 0.3) is 0 Å². The van der Waals surface area contributed by atoms with E-state index in [9.17, 15) is 9.90 Å². The average molecular weight is 208 g/mol. The highest BCUT2D eigenvalue weighted by atomic mass is 16.3. The fraction of sp³-hybridized carbons (Fsp3) is 0.455. The molecular formula is C11H16N2O2.